The number of aromatic nitrogens is 2. The Labute approximate surface area is 169 Å². The van der Waals surface area contributed by atoms with Crippen LogP contribution in [0.25, 0.3) is 11.4 Å². The Balaban J connectivity index is 1.44. The smallest absolute Gasteiger partial charge is 0.240 e. The van der Waals surface area contributed by atoms with Gasteiger partial charge in [0.2, 0.25) is 11.7 Å². The van der Waals surface area contributed by atoms with E-state index in [4.69, 9.17) is 14.0 Å². The molecule has 1 N–H and O–H groups in total. The number of ether oxygens (including phenoxy) is 2. The third-order valence-electron chi connectivity index (χ3n) is 5.34. The summed E-state index contributed by atoms with van der Waals surface area (Å²) in [5.74, 6) is 1.63. The molecule has 2 aromatic carbocycles. The standard InChI is InChI=1S/C22H24FN3O3/c1-27-19-8-4-17(5-9-19)21-25-20(29-26-21)15-24-22(10-12-28-13-11-22)14-16-2-6-18(23)7-3-16/h2-9,24H,10-15H2,1H3. The van der Waals surface area contributed by atoms with E-state index in [-0.39, 0.29) is 11.4 Å². The zero-order chi connectivity index (χ0) is 20.1. The van der Waals surface area contributed by atoms with Crippen LogP contribution in [0.4, 0.5) is 4.39 Å². The van der Waals surface area contributed by atoms with Crippen molar-refractivity contribution in [3.8, 4) is 17.1 Å². The van der Waals surface area contributed by atoms with Crippen molar-refractivity contribution in [3.63, 3.8) is 0 Å². The largest absolute Gasteiger partial charge is 0.497 e. The minimum Gasteiger partial charge on any atom is -0.497 e. The molecule has 6 nitrogen and oxygen atoms in total. The van der Waals surface area contributed by atoms with E-state index in [2.05, 4.69) is 15.5 Å². The molecule has 1 aromatic heterocycles. The molecule has 0 amide bonds. The van der Waals surface area contributed by atoms with Crippen molar-refractivity contribution >= 4 is 0 Å². The Morgan fingerprint density at radius 2 is 1.79 bits per heavy atom. The number of nitrogens with zero attached hydrogens (tertiary/aromatic N) is 2. The van der Waals surface area contributed by atoms with Crippen molar-refractivity contribution in [2.75, 3.05) is 20.3 Å². The van der Waals surface area contributed by atoms with E-state index in [0.29, 0.717) is 31.5 Å². The van der Waals surface area contributed by atoms with Crippen LogP contribution >= 0.6 is 0 Å². The third-order valence-corrected chi connectivity index (χ3v) is 5.34. The molecule has 1 aliphatic rings. The van der Waals surface area contributed by atoms with Crippen LogP contribution in [0.5, 0.6) is 5.75 Å². The van der Waals surface area contributed by atoms with Crippen LogP contribution in [0.15, 0.2) is 53.1 Å². The lowest BCUT2D eigenvalue weighted by molar-refractivity contribution is 0.0362. The number of halogens is 1. The maximum Gasteiger partial charge on any atom is 0.240 e. The number of methoxy groups -OCH3 is 1. The monoisotopic (exact) mass is 397 g/mol. The highest BCUT2D eigenvalue weighted by Gasteiger charge is 2.32. The second-order valence-corrected chi connectivity index (χ2v) is 7.29. The normalized spacial score (nSPS) is 15.9. The quantitative estimate of drug-likeness (QED) is 0.655. The van der Waals surface area contributed by atoms with Crippen molar-refractivity contribution in [1.82, 2.24) is 15.5 Å². The summed E-state index contributed by atoms with van der Waals surface area (Å²) >= 11 is 0. The van der Waals surface area contributed by atoms with Gasteiger partial charge in [0.15, 0.2) is 0 Å². The lowest BCUT2D eigenvalue weighted by Crippen LogP contribution is -2.50. The summed E-state index contributed by atoms with van der Waals surface area (Å²) < 4.78 is 29.4. The van der Waals surface area contributed by atoms with Crippen LogP contribution in [0.1, 0.15) is 24.3 Å². The average Bonchev–Trinajstić information content (AvgIpc) is 3.24. The zero-order valence-electron chi connectivity index (χ0n) is 16.4. The average molecular weight is 397 g/mol. The summed E-state index contributed by atoms with van der Waals surface area (Å²) in [6.07, 6.45) is 2.52. The van der Waals surface area contributed by atoms with Gasteiger partial charge in [-0.25, -0.2) is 4.39 Å². The molecule has 29 heavy (non-hydrogen) atoms. The minimum absolute atomic E-state index is 0.148. The van der Waals surface area contributed by atoms with E-state index >= 15 is 0 Å². The molecule has 0 atom stereocenters. The summed E-state index contributed by atoms with van der Waals surface area (Å²) in [4.78, 5) is 4.51. The van der Waals surface area contributed by atoms with Crippen LogP contribution in [0.3, 0.4) is 0 Å². The first kappa shape index (κ1) is 19.5. The first-order valence-corrected chi connectivity index (χ1v) is 9.70. The number of hydrogen-bond donors (Lipinski definition) is 1. The molecule has 0 radical (unpaired) electrons. The first-order chi connectivity index (χ1) is 14.2. The highest BCUT2D eigenvalue weighted by Crippen LogP contribution is 2.26. The van der Waals surface area contributed by atoms with E-state index in [0.717, 1.165) is 36.1 Å². The van der Waals surface area contributed by atoms with Gasteiger partial charge >= 0.3 is 0 Å². The predicted octanol–water partition coefficient (Wildman–Crippen LogP) is 3.77. The van der Waals surface area contributed by atoms with Crippen molar-refractivity contribution in [1.29, 1.82) is 0 Å². The highest BCUT2D eigenvalue weighted by atomic mass is 19.1. The number of rotatable bonds is 7. The van der Waals surface area contributed by atoms with Gasteiger partial charge in [0.25, 0.3) is 0 Å². The Bertz CT molecular complexity index is 919. The van der Waals surface area contributed by atoms with E-state index in [1.165, 1.54) is 12.1 Å². The number of hydrogen-bond acceptors (Lipinski definition) is 6. The fraction of sp³-hybridized carbons (Fsp3) is 0.364. The van der Waals surface area contributed by atoms with Crippen molar-refractivity contribution in [2.45, 2.75) is 31.3 Å². The van der Waals surface area contributed by atoms with E-state index in [1.54, 1.807) is 7.11 Å². The summed E-state index contributed by atoms with van der Waals surface area (Å²) in [5.41, 5.74) is 1.81. The first-order valence-electron chi connectivity index (χ1n) is 9.70. The van der Waals surface area contributed by atoms with Crippen molar-refractivity contribution in [3.05, 3.63) is 65.8 Å². The highest BCUT2D eigenvalue weighted by molar-refractivity contribution is 5.55. The lowest BCUT2D eigenvalue weighted by Gasteiger charge is -2.38. The SMILES string of the molecule is COc1ccc(-c2noc(CNC3(Cc4ccc(F)cc4)CCOCC3)n2)cc1. The molecular weight excluding hydrogens is 373 g/mol. The van der Waals surface area contributed by atoms with Gasteiger partial charge in [-0.05, 0) is 61.2 Å². The van der Waals surface area contributed by atoms with E-state index in [9.17, 15) is 4.39 Å². The lowest BCUT2D eigenvalue weighted by atomic mass is 9.83. The van der Waals surface area contributed by atoms with Gasteiger partial charge in [0.05, 0.1) is 13.7 Å². The molecule has 0 spiro atoms. The van der Waals surface area contributed by atoms with Crippen LogP contribution in [-0.2, 0) is 17.7 Å². The van der Waals surface area contributed by atoms with Gasteiger partial charge < -0.3 is 19.3 Å². The molecule has 7 heteroatoms. The number of nitrogens with one attached hydrogen (secondary N) is 1. The second kappa shape index (κ2) is 8.71. The Hall–Kier alpha value is -2.77. The molecule has 1 fully saturated rings. The molecule has 3 aromatic rings. The molecule has 0 saturated carbocycles. The molecule has 152 valence electrons. The summed E-state index contributed by atoms with van der Waals surface area (Å²) in [6.45, 7) is 1.84. The van der Waals surface area contributed by atoms with Crippen LogP contribution in [0, 0.1) is 5.82 Å². The summed E-state index contributed by atoms with van der Waals surface area (Å²) in [6, 6.07) is 14.2. The van der Waals surface area contributed by atoms with Gasteiger partial charge in [-0.15, -0.1) is 0 Å². The Kier molecular flexibility index (Phi) is 5.87. The van der Waals surface area contributed by atoms with Crippen LogP contribution < -0.4 is 10.1 Å². The molecule has 0 aliphatic carbocycles. The molecule has 4 rings (SSSR count). The zero-order valence-corrected chi connectivity index (χ0v) is 16.4. The molecule has 0 unspecified atom stereocenters. The van der Waals surface area contributed by atoms with Gasteiger partial charge in [0, 0.05) is 24.3 Å². The fourth-order valence-electron chi connectivity index (χ4n) is 3.62. The van der Waals surface area contributed by atoms with E-state index < -0.39 is 0 Å². The van der Waals surface area contributed by atoms with Gasteiger partial charge in [0.1, 0.15) is 11.6 Å². The van der Waals surface area contributed by atoms with Gasteiger partial charge in [-0.2, -0.15) is 4.98 Å². The molecule has 1 aliphatic heterocycles. The van der Waals surface area contributed by atoms with Crippen LogP contribution in [0.2, 0.25) is 0 Å². The Morgan fingerprint density at radius 1 is 1.07 bits per heavy atom. The maximum absolute atomic E-state index is 13.2. The topological polar surface area (TPSA) is 69.4 Å². The molecule has 0 bridgehead atoms. The van der Waals surface area contributed by atoms with Gasteiger partial charge in [-0.3, -0.25) is 0 Å². The Morgan fingerprint density at radius 3 is 2.48 bits per heavy atom. The third kappa shape index (κ3) is 4.81. The van der Waals surface area contributed by atoms with Gasteiger partial charge in [-0.1, -0.05) is 17.3 Å². The van der Waals surface area contributed by atoms with Crippen molar-refractivity contribution in [2.24, 2.45) is 0 Å². The second-order valence-electron chi connectivity index (χ2n) is 7.29. The predicted molar refractivity (Wildman–Crippen MR) is 106 cm³/mol. The summed E-state index contributed by atoms with van der Waals surface area (Å²) in [5, 5.41) is 7.70. The minimum atomic E-state index is -0.223. The molecule has 1 saturated heterocycles. The summed E-state index contributed by atoms with van der Waals surface area (Å²) in [7, 11) is 1.63. The fourth-order valence-corrected chi connectivity index (χ4v) is 3.62. The van der Waals surface area contributed by atoms with Crippen molar-refractivity contribution < 1.29 is 18.4 Å². The number of benzene rings is 2. The van der Waals surface area contributed by atoms with E-state index in [1.807, 2.05) is 36.4 Å². The molecule has 2 heterocycles. The van der Waals surface area contributed by atoms with Crippen LogP contribution in [-0.4, -0.2) is 36.0 Å². The maximum atomic E-state index is 13.2. The molecular formula is C22H24FN3O3.